The van der Waals surface area contributed by atoms with Crippen LogP contribution in [0.2, 0.25) is 0 Å². The summed E-state index contributed by atoms with van der Waals surface area (Å²) in [5.74, 6) is -1.82. The maximum absolute atomic E-state index is 12.5. The molecule has 2 aromatic rings. The Morgan fingerprint density at radius 2 is 1.58 bits per heavy atom. The molecule has 0 aromatic heterocycles. The molecule has 0 radical (unpaired) electrons. The number of carboxylic acids is 1. The third-order valence-corrected chi connectivity index (χ3v) is 6.46. The first-order valence-corrected chi connectivity index (χ1v) is 13.2. The molecular weight excluding hydrogens is 490 g/mol. The molecule has 0 amide bonds. The number of nitrogens with zero attached hydrogens (tertiary/aromatic N) is 1. The second-order valence-corrected chi connectivity index (χ2v) is 10.1. The first-order chi connectivity index (χ1) is 17.0. The van der Waals surface area contributed by atoms with Gasteiger partial charge in [-0.15, -0.1) is 10.1 Å². The average Bonchev–Trinajstić information content (AvgIpc) is 2.80. The molecule has 10 nitrogen and oxygen atoms in total. The quantitative estimate of drug-likeness (QED) is 0.0968. The minimum absolute atomic E-state index is 0.0185. The summed E-state index contributed by atoms with van der Waals surface area (Å²) in [6.07, 6.45) is 2.74. The van der Waals surface area contributed by atoms with E-state index in [1.165, 1.54) is 31.2 Å². The van der Waals surface area contributed by atoms with Crippen LogP contribution >= 0.6 is 0 Å². The Bertz CT molecular complexity index is 1190. The second-order valence-electron chi connectivity index (χ2n) is 8.11. The van der Waals surface area contributed by atoms with Crippen molar-refractivity contribution in [2.45, 2.75) is 50.0 Å². The van der Waals surface area contributed by atoms with Gasteiger partial charge in [0.1, 0.15) is 6.10 Å². The molecular formula is C25H29NO9S. The predicted molar refractivity (Wildman–Crippen MR) is 132 cm³/mol. The molecule has 2 aromatic carbocycles. The van der Waals surface area contributed by atoms with E-state index in [9.17, 15) is 33.2 Å². The number of carbonyl (C=O) groups is 2. The number of rotatable bonds is 14. The number of aliphatic carboxylic acids is 1. The maximum atomic E-state index is 12.5. The van der Waals surface area contributed by atoms with E-state index in [0.717, 1.165) is 6.26 Å². The first kappa shape index (κ1) is 28.5. The monoisotopic (exact) mass is 519 g/mol. The van der Waals surface area contributed by atoms with E-state index in [-0.39, 0.29) is 22.6 Å². The van der Waals surface area contributed by atoms with Gasteiger partial charge in [0.25, 0.3) is 5.09 Å². The third kappa shape index (κ3) is 8.81. The molecule has 1 atom stereocenters. The molecule has 0 heterocycles. The largest absolute Gasteiger partial charge is 0.478 e. The summed E-state index contributed by atoms with van der Waals surface area (Å²) in [6, 6.07) is 14.2. The van der Waals surface area contributed by atoms with Crippen LogP contribution < -0.4 is 0 Å². The van der Waals surface area contributed by atoms with E-state index >= 15 is 0 Å². The fourth-order valence-corrected chi connectivity index (χ4v) is 4.39. The van der Waals surface area contributed by atoms with Gasteiger partial charge >= 0.3 is 11.9 Å². The zero-order valence-corrected chi connectivity index (χ0v) is 20.9. The average molecular weight is 520 g/mol. The second kappa shape index (κ2) is 13.4. The van der Waals surface area contributed by atoms with Crippen molar-refractivity contribution in [3.63, 3.8) is 0 Å². The van der Waals surface area contributed by atoms with Gasteiger partial charge in [0.2, 0.25) is 0 Å². The van der Waals surface area contributed by atoms with Crippen LogP contribution in [-0.2, 0) is 29.0 Å². The highest BCUT2D eigenvalue weighted by Gasteiger charge is 2.27. The predicted octanol–water partition coefficient (Wildman–Crippen LogP) is 4.18. The smallest absolute Gasteiger partial charge is 0.336 e. The molecule has 36 heavy (non-hydrogen) atoms. The van der Waals surface area contributed by atoms with Gasteiger partial charge in [-0.2, -0.15) is 0 Å². The van der Waals surface area contributed by atoms with E-state index in [2.05, 4.69) is 4.84 Å². The summed E-state index contributed by atoms with van der Waals surface area (Å²) < 4.78 is 29.4. The van der Waals surface area contributed by atoms with Crippen LogP contribution in [0.4, 0.5) is 0 Å². The van der Waals surface area contributed by atoms with Crippen molar-refractivity contribution >= 4 is 32.9 Å². The van der Waals surface area contributed by atoms with Crippen molar-refractivity contribution in [2.24, 2.45) is 0 Å². The summed E-state index contributed by atoms with van der Waals surface area (Å²) in [4.78, 5) is 39.1. The zero-order valence-electron chi connectivity index (χ0n) is 20.1. The van der Waals surface area contributed by atoms with Crippen LogP contribution in [0.5, 0.6) is 0 Å². The van der Waals surface area contributed by atoms with Crippen LogP contribution in [0, 0.1) is 10.1 Å². The number of hydrogen-bond acceptors (Lipinski definition) is 8. The molecule has 0 aliphatic rings. The number of benzene rings is 2. The molecule has 0 fully saturated rings. The number of sulfone groups is 1. The minimum atomic E-state index is -3.47. The van der Waals surface area contributed by atoms with Gasteiger partial charge in [-0.1, -0.05) is 55.3 Å². The Kier molecular flexibility index (Phi) is 10.6. The lowest BCUT2D eigenvalue weighted by Gasteiger charge is -2.24. The summed E-state index contributed by atoms with van der Waals surface area (Å²) >= 11 is 0. The van der Waals surface area contributed by atoms with Gasteiger partial charge in [-0.3, -0.25) is 4.79 Å². The molecule has 2 rings (SSSR count). The van der Waals surface area contributed by atoms with Crippen molar-refractivity contribution in [1.82, 2.24) is 0 Å². The van der Waals surface area contributed by atoms with Crippen molar-refractivity contribution in [1.29, 1.82) is 0 Å². The zero-order chi connectivity index (χ0) is 26.7. The van der Waals surface area contributed by atoms with E-state index in [1.807, 2.05) is 0 Å². The molecule has 0 saturated carbocycles. The molecule has 0 aliphatic heterocycles. The molecule has 11 heteroatoms. The van der Waals surface area contributed by atoms with Crippen molar-refractivity contribution in [2.75, 3.05) is 12.9 Å². The highest BCUT2D eigenvalue weighted by Crippen LogP contribution is 2.34. The number of carboxylic acid groups (broad SMARTS) is 1. The van der Waals surface area contributed by atoms with Gasteiger partial charge in [0.05, 0.1) is 17.1 Å². The van der Waals surface area contributed by atoms with Crippen molar-refractivity contribution in [3.8, 4) is 0 Å². The van der Waals surface area contributed by atoms with Crippen LogP contribution in [0.15, 0.2) is 59.5 Å². The Morgan fingerprint density at radius 1 is 0.972 bits per heavy atom. The van der Waals surface area contributed by atoms with Gasteiger partial charge in [-0.25, -0.2) is 13.2 Å². The van der Waals surface area contributed by atoms with Crippen molar-refractivity contribution < 1.29 is 37.8 Å². The number of ether oxygens (including phenoxy) is 1. The highest BCUT2D eigenvalue weighted by molar-refractivity contribution is 7.90. The van der Waals surface area contributed by atoms with Crippen LogP contribution in [0.1, 0.15) is 50.2 Å². The van der Waals surface area contributed by atoms with Gasteiger partial charge in [0.15, 0.2) is 9.84 Å². The SMILES string of the molecule is CC(=O)OC(CCCCCCO[N+](=O)[O-])/C(=C(\C(=O)O)c1ccccc1)c1ccc(S(C)(=O)=O)cc1. The highest BCUT2D eigenvalue weighted by atomic mass is 32.2. The standard InChI is InChI=1S/C25H29NO9S/c1-18(27)35-22(12-8-3-4-9-17-34-26(30)31)23(20-13-15-21(16-14-20)36(2,32)33)24(25(28)29)19-10-6-5-7-11-19/h5-7,10-11,13-16,22H,3-4,8-9,12,17H2,1-2H3,(H,28,29)/b24-23-. The Labute approximate surface area is 209 Å². The molecule has 0 saturated heterocycles. The summed E-state index contributed by atoms with van der Waals surface area (Å²) in [6.45, 7) is 1.21. The van der Waals surface area contributed by atoms with E-state index < -0.39 is 33.0 Å². The molecule has 1 unspecified atom stereocenters. The van der Waals surface area contributed by atoms with Crippen LogP contribution in [-0.4, -0.2) is 49.5 Å². The fourth-order valence-electron chi connectivity index (χ4n) is 3.76. The van der Waals surface area contributed by atoms with E-state index in [0.29, 0.717) is 43.2 Å². The number of hydrogen-bond donors (Lipinski definition) is 1. The normalized spacial score (nSPS) is 12.8. The molecule has 194 valence electrons. The molecule has 0 aliphatic carbocycles. The van der Waals surface area contributed by atoms with Crippen LogP contribution in [0.25, 0.3) is 11.1 Å². The summed E-state index contributed by atoms with van der Waals surface area (Å²) in [5, 5.41) is 19.6. The molecule has 1 N–H and O–H groups in total. The van der Waals surface area contributed by atoms with Gasteiger partial charge in [-0.05, 0) is 42.5 Å². The lowest BCUT2D eigenvalue weighted by Crippen LogP contribution is -2.21. The molecule has 0 bridgehead atoms. The Morgan fingerprint density at radius 3 is 2.11 bits per heavy atom. The number of unbranched alkanes of at least 4 members (excludes halogenated alkanes) is 3. The van der Waals surface area contributed by atoms with E-state index in [4.69, 9.17) is 4.74 Å². The fraction of sp³-hybridized carbons (Fsp3) is 0.360. The van der Waals surface area contributed by atoms with Gasteiger partial charge in [0, 0.05) is 18.8 Å². The number of carbonyl (C=O) groups excluding carboxylic acids is 1. The first-order valence-electron chi connectivity index (χ1n) is 11.3. The summed E-state index contributed by atoms with van der Waals surface area (Å²) in [5.41, 5.74) is 1.00. The van der Waals surface area contributed by atoms with Crippen LogP contribution in [0.3, 0.4) is 0 Å². The topological polar surface area (TPSA) is 150 Å². The lowest BCUT2D eigenvalue weighted by molar-refractivity contribution is -0.757. The van der Waals surface area contributed by atoms with Gasteiger partial charge < -0.3 is 14.7 Å². The third-order valence-electron chi connectivity index (χ3n) is 5.33. The lowest BCUT2D eigenvalue weighted by atomic mass is 9.88. The van der Waals surface area contributed by atoms with Crippen molar-refractivity contribution in [3.05, 3.63) is 75.8 Å². The maximum Gasteiger partial charge on any atom is 0.336 e. The minimum Gasteiger partial charge on any atom is -0.478 e. The Hall–Kier alpha value is -3.73. The Balaban J connectivity index is 2.48. The summed E-state index contributed by atoms with van der Waals surface area (Å²) in [7, 11) is -3.47. The van der Waals surface area contributed by atoms with E-state index in [1.54, 1.807) is 30.3 Å². The molecule has 0 spiro atoms. The number of esters is 1.